The fourth-order valence-electron chi connectivity index (χ4n) is 2.83. The van der Waals surface area contributed by atoms with Crippen molar-refractivity contribution in [3.05, 3.63) is 47.9 Å². The van der Waals surface area contributed by atoms with E-state index in [1.54, 1.807) is 58.8 Å². The van der Waals surface area contributed by atoms with Gasteiger partial charge in [0.05, 0.1) is 41.4 Å². The summed E-state index contributed by atoms with van der Waals surface area (Å²) in [4.78, 5) is 16.6. The predicted molar refractivity (Wildman–Crippen MR) is 108 cm³/mol. The van der Waals surface area contributed by atoms with Gasteiger partial charge in [0.15, 0.2) is 23.0 Å². The van der Waals surface area contributed by atoms with Crippen LogP contribution >= 0.6 is 0 Å². The highest BCUT2D eigenvalue weighted by Gasteiger charge is 2.13. The monoisotopic (exact) mass is 413 g/mol. The molecule has 0 bridgehead atoms. The van der Waals surface area contributed by atoms with Crippen LogP contribution in [0.2, 0.25) is 0 Å². The van der Waals surface area contributed by atoms with Gasteiger partial charge in [-0.1, -0.05) is 11.2 Å². The lowest BCUT2D eigenvalue weighted by atomic mass is 10.1. The summed E-state index contributed by atoms with van der Waals surface area (Å²) >= 11 is 0. The van der Waals surface area contributed by atoms with E-state index in [0.29, 0.717) is 40.3 Å². The number of carbonyl (C=O) groups is 1. The molecule has 1 aromatic heterocycles. The van der Waals surface area contributed by atoms with E-state index < -0.39 is 0 Å². The molecule has 9 nitrogen and oxygen atoms in total. The van der Waals surface area contributed by atoms with E-state index in [2.05, 4.69) is 15.5 Å². The molecule has 0 unspecified atom stereocenters. The molecule has 1 N–H and O–H groups in total. The molecular weight excluding hydrogens is 390 g/mol. The van der Waals surface area contributed by atoms with E-state index in [1.807, 2.05) is 6.07 Å². The van der Waals surface area contributed by atoms with Crippen molar-refractivity contribution in [2.75, 3.05) is 28.4 Å². The van der Waals surface area contributed by atoms with Gasteiger partial charge in [-0.25, -0.2) is 0 Å². The molecule has 9 heteroatoms. The lowest BCUT2D eigenvalue weighted by Gasteiger charge is -2.09. The molecule has 0 aliphatic heterocycles. The van der Waals surface area contributed by atoms with Gasteiger partial charge in [-0.2, -0.15) is 4.98 Å². The van der Waals surface area contributed by atoms with Gasteiger partial charge in [0.25, 0.3) is 0 Å². The van der Waals surface area contributed by atoms with E-state index in [0.717, 1.165) is 5.56 Å². The zero-order valence-corrected chi connectivity index (χ0v) is 17.2. The van der Waals surface area contributed by atoms with Gasteiger partial charge in [0, 0.05) is 5.56 Å². The Morgan fingerprint density at radius 1 is 0.900 bits per heavy atom. The number of nitrogens with one attached hydrogen (secondary N) is 1. The number of aromatic nitrogens is 2. The number of hydrogen-bond donors (Lipinski definition) is 1. The maximum absolute atomic E-state index is 12.3. The predicted octanol–water partition coefficient (Wildman–Crippen LogP) is 2.63. The number of rotatable bonds is 9. The Hall–Kier alpha value is -3.75. The molecule has 2 aromatic carbocycles. The second-order valence-corrected chi connectivity index (χ2v) is 6.22. The number of methoxy groups -OCH3 is 4. The first-order valence-electron chi connectivity index (χ1n) is 9.10. The van der Waals surface area contributed by atoms with Crippen LogP contribution in [0, 0.1) is 0 Å². The van der Waals surface area contributed by atoms with Crippen LogP contribution in [0.25, 0.3) is 11.4 Å². The molecular formula is C21H23N3O6. The molecule has 0 spiro atoms. The summed E-state index contributed by atoms with van der Waals surface area (Å²) < 4.78 is 26.2. The molecule has 1 heterocycles. The van der Waals surface area contributed by atoms with Crippen molar-refractivity contribution in [2.24, 2.45) is 0 Å². The van der Waals surface area contributed by atoms with Crippen LogP contribution in [0.5, 0.6) is 23.0 Å². The van der Waals surface area contributed by atoms with Gasteiger partial charge in [-0.05, 0) is 35.9 Å². The minimum atomic E-state index is -0.187. The summed E-state index contributed by atoms with van der Waals surface area (Å²) in [6, 6.07) is 10.6. The molecule has 0 aliphatic carbocycles. The molecule has 0 atom stereocenters. The minimum Gasteiger partial charge on any atom is -0.493 e. The summed E-state index contributed by atoms with van der Waals surface area (Å²) in [5.41, 5.74) is 1.50. The summed E-state index contributed by atoms with van der Waals surface area (Å²) in [5, 5.41) is 6.72. The Labute approximate surface area is 173 Å². The van der Waals surface area contributed by atoms with Crippen LogP contribution in [-0.2, 0) is 17.8 Å². The van der Waals surface area contributed by atoms with Gasteiger partial charge in [0.2, 0.25) is 17.6 Å². The first-order valence-corrected chi connectivity index (χ1v) is 9.10. The first kappa shape index (κ1) is 21.0. The van der Waals surface area contributed by atoms with Crippen molar-refractivity contribution in [1.82, 2.24) is 15.5 Å². The number of benzene rings is 2. The molecule has 158 valence electrons. The molecule has 1 amide bonds. The van der Waals surface area contributed by atoms with Crippen molar-refractivity contribution < 1.29 is 28.3 Å². The number of nitrogens with zero attached hydrogens (tertiary/aromatic N) is 2. The largest absolute Gasteiger partial charge is 0.493 e. The van der Waals surface area contributed by atoms with Gasteiger partial charge < -0.3 is 28.8 Å². The maximum Gasteiger partial charge on any atom is 0.246 e. The molecule has 0 radical (unpaired) electrons. The SMILES string of the molecule is COc1ccc(CC(=O)NCc2nc(-c3ccc(OC)c(OC)c3)no2)cc1OC. The van der Waals surface area contributed by atoms with Crippen LogP contribution in [0.4, 0.5) is 0 Å². The van der Waals surface area contributed by atoms with Crippen LogP contribution in [0.15, 0.2) is 40.9 Å². The highest BCUT2D eigenvalue weighted by atomic mass is 16.5. The zero-order chi connectivity index (χ0) is 21.5. The summed E-state index contributed by atoms with van der Waals surface area (Å²) in [5.74, 6) is 2.83. The van der Waals surface area contributed by atoms with Crippen molar-refractivity contribution in [3.63, 3.8) is 0 Å². The Balaban J connectivity index is 1.61. The normalized spacial score (nSPS) is 10.4. The quantitative estimate of drug-likeness (QED) is 0.571. The Kier molecular flexibility index (Phi) is 6.74. The second-order valence-electron chi connectivity index (χ2n) is 6.22. The topological polar surface area (TPSA) is 105 Å². The number of amides is 1. The molecule has 3 aromatic rings. The molecule has 0 saturated carbocycles. The average molecular weight is 413 g/mol. The second kappa shape index (κ2) is 9.64. The van der Waals surface area contributed by atoms with Crippen LogP contribution in [0.1, 0.15) is 11.5 Å². The molecule has 3 rings (SSSR count). The van der Waals surface area contributed by atoms with E-state index in [-0.39, 0.29) is 18.9 Å². The third-order valence-corrected chi connectivity index (χ3v) is 4.36. The maximum atomic E-state index is 12.3. The van der Waals surface area contributed by atoms with Crippen molar-refractivity contribution in [1.29, 1.82) is 0 Å². The fourth-order valence-corrected chi connectivity index (χ4v) is 2.83. The molecule has 0 aliphatic rings. The Morgan fingerprint density at radius 3 is 2.20 bits per heavy atom. The average Bonchev–Trinajstić information content (AvgIpc) is 3.26. The van der Waals surface area contributed by atoms with Gasteiger partial charge in [-0.3, -0.25) is 4.79 Å². The lowest BCUT2D eigenvalue weighted by Crippen LogP contribution is -2.24. The smallest absolute Gasteiger partial charge is 0.246 e. The van der Waals surface area contributed by atoms with Crippen LogP contribution in [-0.4, -0.2) is 44.5 Å². The van der Waals surface area contributed by atoms with E-state index in [9.17, 15) is 4.79 Å². The molecule has 0 saturated heterocycles. The first-order chi connectivity index (χ1) is 14.6. The van der Waals surface area contributed by atoms with Gasteiger partial charge in [-0.15, -0.1) is 0 Å². The van der Waals surface area contributed by atoms with Gasteiger partial charge >= 0.3 is 0 Å². The number of hydrogen-bond acceptors (Lipinski definition) is 8. The number of ether oxygens (including phenoxy) is 4. The summed E-state index contributed by atoms with van der Waals surface area (Å²) in [7, 11) is 6.23. The highest BCUT2D eigenvalue weighted by Crippen LogP contribution is 2.31. The number of carbonyl (C=O) groups excluding carboxylic acids is 1. The third kappa shape index (κ3) is 4.80. The Bertz CT molecular complexity index is 1020. The third-order valence-electron chi connectivity index (χ3n) is 4.36. The lowest BCUT2D eigenvalue weighted by molar-refractivity contribution is -0.120. The standard InChI is InChI=1S/C21H23N3O6/c1-26-15-7-5-13(9-17(15)28-3)10-19(25)22-12-20-23-21(24-30-20)14-6-8-16(27-2)18(11-14)29-4/h5-9,11H,10,12H2,1-4H3,(H,22,25). The van der Waals surface area contributed by atoms with E-state index in [4.69, 9.17) is 23.5 Å². The van der Waals surface area contributed by atoms with Gasteiger partial charge in [0.1, 0.15) is 0 Å². The zero-order valence-electron chi connectivity index (χ0n) is 17.2. The highest BCUT2D eigenvalue weighted by molar-refractivity contribution is 5.78. The van der Waals surface area contributed by atoms with Crippen molar-refractivity contribution in [2.45, 2.75) is 13.0 Å². The molecule has 30 heavy (non-hydrogen) atoms. The fraction of sp³-hybridized carbons (Fsp3) is 0.286. The summed E-state index contributed by atoms with van der Waals surface area (Å²) in [6.07, 6.45) is 0.178. The van der Waals surface area contributed by atoms with Crippen molar-refractivity contribution in [3.8, 4) is 34.4 Å². The summed E-state index contributed by atoms with van der Waals surface area (Å²) in [6.45, 7) is 0.117. The molecule has 0 fully saturated rings. The minimum absolute atomic E-state index is 0.117. The Morgan fingerprint density at radius 2 is 1.53 bits per heavy atom. The van der Waals surface area contributed by atoms with Crippen LogP contribution < -0.4 is 24.3 Å². The van der Waals surface area contributed by atoms with E-state index in [1.165, 1.54) is 0 Å². The van der Waals surface area contributed by atoms with Crippen LogP contribution in [0.3, 0.4) is 0 Å². The van der Waals surface area contributed by atoms with Crippen molar-refractivity contribution >= 4 is 5.91 Å². The van der Waals surface area contributed by atoms with E-state index >= 15 is 0 Å².